The number of nitrogens with two attached hydrogens (primary N) is 1. The minimum Gasteiger partial charge on any atom is -0.480 e. The molecule has 0 saturated heterocycles. The molecule has 0 aliphatic heterocycles. The first-order valence-corrected chi connectivity index (χ1v) is 13.5. The van der Waals surface area contributed by atoms with Crippen LogP contribution in [0.3, 0.4) is 0 Å². The number of hydrogen-bond donors (Lipinski definition) is 7. The van der Waals surface area contributed by atoms with Crippen LogP contribution in [0.1, 0.15) is 32.8 Å². The molecule has 1 aromatic heterocycles. The van der Waals surface area contributed by atoms with E-state index >= 15 is 0 Å². The van der Waals surface area contributed by atoms with Gasteiger partial charge in [0, 0.05) is 23.5 Å². The highest BCUT2D eigenvalue weighted by atomic mass is 32.2. The first-order valence-electron chi connectivity index (χ1n) is 12.1. The van der Waals surface area contributed by atoms with Crippen LogP contribution in [0.2, 0.25) is 0 Å². The maximum atomic E-state index is 13.3. The van der Waals surface area contributed by atoms with Gasteiger partial charge in [0.15, 0.2) is 0 Å². The Hall–Kier alpha value is -3.09. The maximum absolute atomic E-state index is 13.3. The third-order valence-corrected chi connectivity index (χ3v) is 6.67. The van der Waals surface area contributed by atoms with Crippen molar-refractivity contribution in [2.75, 3.05) is 12.0 Å². The Morgan fingerprint density at radius 2 is 1.65 bits per heavy atom. The zero-order valence-corrected chi connectivity index (χ0v) is 22.3. The number of hydrogen-bond acceptors (Lipinski definition) is 7. The van der Waals surface area contributed by atoms with Crippen molar-refractivity contribution in [3.05, 3.63) is 36.0 Å². The van der Waals surface area contributed by atoms with E-state index in [9.17, 15) is 29.4 Å². The number of amides is 3. The standard InChI is InChI=1S/C25H37N5O6S/c1-13(2)21(30-23(33)20(26)14(3)31)24(34)29-19(22(32)28-18(25(35)36)9-10-37-4)11-15-12-27-17-8-6-5-7-16(15)17/h5-8,12-14,18-21,27,31H,9-11,26H2,1-4H3,(H,28,32)(H,29,34)(H,30,33)(H,35,36). The summed E-state index contributed by atoms with van der Waals surface area (Å²) in [6.07, 6.45) is 2.76. The maximum Gasteiger partial charge on any atom is 0.326 e. The molecule has 1 aromatic carbocycles. The Morgan fingerprint density at radius 1 is 1.00 bits per heavy atom. The van der Waals surface area contributed by atoms with Crippen molar-refractivity contribution < 1.29 is 29.4 Å². The van der Waals surface area contributed by atoms with Crippen LogP contribution in [0.15, 0.2) is 30.5 Å². The van der Waals surface area contributed by atoms with E-state index in [1.165, 1.54) is 18.7 Å². The fourth-order valence-electron chi connectivity index (χ4n) is 3.76. The highest BCUT2D eigenvalue weighted by molar-refractivity contribution is 7.98. The summed E-state index contributed by atoms with van der Waals surface area (Å²) in [6.45, 7) is 4.80. The number of aliphatic hydroxyl groups excluding tert-OH is 1. The molecular formula is C25H37N5O6S. The lowest BCUT2D eigenvalue weighted by Gasteiger charge is -2.27. The minimum absolute atomic E-state index is 0.0857. The third-order valence-electron chi connectivity index (χ3n) is 6.03. The van der Waals surface area contributed by atoms with Crippen LogP contribution in [0.25, 0.3) is 10.9 Å². The van der Waals surface area contributed by atoms with E-state index in [-0.39, 0.29) is 18.8 Å². The van der Waals surface area contributed by atoms with E-state index in [2.05, 4.69) is 20.9 Å². The predicted molar refractivity (Wildman–Crippen MR) is 143 cm³/mol. The molecule has 2 rings (SSSR count). The number of carbonyl (C=O) groups is 4. The van der Waals surface area contributed by atoms with E-state index in [1.54, 1.807) is 20.0 Å². The van der Waals surface area contributed by atoms with Gasteiger partial charge in [-0.2, -0.15) is 11.8 Å². The quantitative estimate of drug-likeness (QED) is 0.181. The summed E-state index contributed by atoms with van der Waals surface area (Å²) in [4.78, 5) is 53.8. The lowest BCUT2D eigenvalue weighted by Crippen LogP contribution is -2.59. The summed E-state index contributed by atoms with van der Waals surface area (Å²) >= 11 is 1.46. The molecule has 11 nitrogen and oxygen atoms in total. The molecule has 5 atom stereocenters. The first-order chi connectivity index (χ1) is 17.5. The number of carboxylic acids is 1. The van der Waals surface area contributed by atoms with Crippen molar-refractivity contribution in [1.82, 2.24) is 20.9 Å². The number of carboxylic acid groups (broad SMARTS) is 1. The number of para-hydroxylation sites is 1. The number of rotatable bonds is 14. The van der Waals surface area contributed by atoms with Gasteiger partial charge in [-0.1, -0.05) is 32.0 Å². The highest BCUT2D eigenvalue weighted by Crippen LogP contribution is 2.19. The number of carbonyl (C=O) groups excluding carboxylic acids is 3. The number of aliphatic carboxylic acids is 1. The predicted octanol–water partition coefficient (Wildman–Crippen LogP) is 0.367. The normalized spacial score (nSPS) is 15.4. The summed E-state index contributed by atoms with van der Waals surface area (Å²) < 4.78 is 0. The van der Waals surface area contributed by atoms with Gasteiger partial charge < -0.3 is 36.9 Å². The Kier molecular flexibility index (Phi) is 11.4. The first kappa shape index (κ1) is 30.1. The van der Waals surface area contributed by atoms with Gasteiger partial charge in [0.1, 0.15) is 24.2 Å². The van der Waals surface area contributed by atoms with Crippen LogP contribution in [-0.4, -0.2) is 81.2 Å². The molecule has 0 spiro atoms. The van der Waals surface area contributed by atoms with Crippen LogP contribution in [0.5, 0.6) is 0 Å². The molecule has 37 heavy (non-hydrogen) atoms. The lowest BCUT2D eigenvalue weighted by atomic mass is 10.00. The molecule has 0 aliphatic rings. The number of nitrogens with one attached hydrogen (secondary N) is 4. The lowest BCUT2D eigenvalue weighted by molar-refractivity contribution is -0.142. The molecule has 0 saturated carbocycles. The monoisotopic (exact) mass is 535 g/mol. The Bertz CT molecular complexity index is 1090. The van der Waals surface area contributed by atoms with Crippen LogP contribution < -0.4 is 21.7 Å². The number of benzene rings is 1. The molecule has 0 aliphatic carbocycles. The number of aromatic amines is 1. The van der Waals surface area contributed by atoms with Gasteiger partial charge in [0.05, 0.1) is 6.10 Å². The zero-order valence-electron chi connectivity index (χ0n) is 21.5. The highest BCUT2D eigenvalue weighted by Gasteiger charge is 2.32. The minimum atomic E-state index is -1.23. The van der Waals surface area contributed by atoms with Crippen molar-refractivity contribution in [1.29, 1.82) is 0 Å². The van der Waals surface area contributed by atoms with Crippen molar-refractivity contribution >= 4 is 46.4 Å². The molecule has 2 aromatic rings. The molecule has 1 heterocycles. The summed E-state index contributed by atoms with van der Waals surface area (Å²) in [6, 6.07) is 2.97. The van der Waals surface area contributed by atoms with E-state index in [4.69, 9.17) is 5.73 Å². The van der Waals surface area contributed by atoms with Gasteiger partial charge in [-0.3, -0.25) is 14.4 Å². The average molecular weight is 536 g/mol. The number of aliphatic hydroxyl groups is 1. The smallest absolute Gasteiger partial charge is 0.326 e. The number of aromatic nitrogens is 1. The number of H-pyrrole nitrogens is 1. The topological polar surface area (TPSA) is 187 Å². The molecule has 0 fully saturated rings. The third kappa shape index (κ3) is 8.48. The van der Waals surface area contributed by atoms with Gasteiger partial charge in [-0.05, 0) is 42.9 Å². The summed E-state index contributed by atoms with van der Waals surface area (Å²) in [7, 11) is 0. The van der Waals surface area contributed by atoms with Crippen LogP contribution in [-0.2, 0) is 25.6 Å². The Balaban J connectivity index is 2.31. The van der Waals surface area contributed by atoms with E-state index < -0.39 is 54.0 Å². The SMILES string of the molecule is CSCCC(NC(=O)C(Cc1c[nH]c2ccccc12)NC(=O)C(NC(=O)C(N)C(C)O)C(C)C)C(=O)O. The van der Waals surface area contributed by atoms with Crippen LogP contribution in [0.4, 0.5) is 0 Å². The number of thioether (sulfide) groups is 1. The molecule has 3 amide bonds. The Labute approximate surface area is 220 Å². The second kappa shape index (κ2) is 14.0. The van der Waals surface area contributed by atoms with Crippen molar-refractivity contribution in [3.8, 4) is 0 Å². The Morgan fingerprint density at radius 3 is 2.24 bits per heavy atom. The van der Waals surface area contributed by atoms with Crippen molar-refractivity contribution in [2.45, 2.75) is 63.9 Å². The van der Waals surface area contributed by atoms with Gasteiger partial charge in [-0.25, -0.2) is 4.79 Å². The van der Waals surface area contributed by atoms with E-state index in [1.807, 2.05) is 30.5 Å². The van der Waals surface area contributed by atoms with Crippen molar-refractivity contribution in [3.63, 3.8) is 0 Å². The molecular weight excluding hydrogens is 498 g/mol. The van der Waals surface area contributed by atoms with Gasteiger partial charge >= 0.3 is 5.97 Å². The summed E-state index contributed by atoms with van der Waals surface area (Å²) in [5.74, 6) is -2.99. The molecule has 0 radical (unpaired) electrons. The van der Waals surface area contributed by atoms with Gasteiger partial charge in [0.2, 0.25) is 17.7 Å². The van der Waals surface area contributed by atoms with E-state index in [0.29, 0.717) is 5.75 Å². The zero-order chi connectivity index (χ0) is 27.7. The molecule has 5 unspecified atom stereocenters. The van der Waals surface area contributed by atoms with Crippen molar-refractivity contribution in [2.24, 2.45) is 11.7 Å². The molecule has 8 N–H and O–H groups in total. The fourth-order valence-corrected chi connectivity index (χ4v) is 4.23. The molecule has 0 bridgehead atoms. The van der Waals surface area contributed by atoms with Crippen LogP contribution >= 0.6 is 11.8 Å². The average Bonchev–Trinajstić information content (AvgIpc) is 3.26. The largest absolute Gasteiger partial charge is 0.480 e. The van der Waals surface area contributed by atoms with E-state index in [0.717, 1.165) is 16.5 Å². The molecule has 12 heteroatoms. The second-order valence-corrected chi connectivity index (χ2v) is 10.3. The van der Waals surface area contributed by atoms with Gasteiger partial charge in [0.25, 0.3) is 0 Å². The molecule has 204 valence electrons. The van der Waals surface area contributed by atoms with Crippen LogP contribution in [0, 0.1) is 5.92 Å². The van der Waals surface area contributed by atoms with Gasteiger partial charge in [-0.15, -0.1) is 0 Å². The fraction of sp³-hybridized carbons (Fsp3) is 0.520. The number of fused-ring (bicyclic) bond motifs is 1. The summed E-state index contributed by atoms with van der Waals surface area (Å²) in [5, 5.41) is 27.8. The second-order valence-electron chi connectivity index (χ2n) is 9.30. The summed E-state index contributed by atoms with van der Waals surface area (Å²) in [5.41, 5.74) is 7.32.